The van der Waals surface area contributed by atoms with Gasteiger partial charge in [-0.05, 0) is 38.6 Å². The first-order valence-corrected chi connectivity index (χ1v) is 7.23. The minimum Gasteiger partial charge on any atom is -0.303 e. The third-order valence-corrected chi connectivity index (χ3v) is 4.51. The zero-order valence-electron chi connectivity index (χ0n) is 12.0. The van der Waals surface area contributed by atoms with E-state index >= 15 is 0 Å². The fourth-order valence-corrected chi connectivity index (χ4v) is 3.53. The maximum Gasteiger partial charge on any atom is 0.127 e. The Morgan fingerprint density at radius 2 is 2.06 bits per heavy atom. The molecule has 0 saturated heterocycles. The molecule has 0 aromatic rings. The Balaban J connectivity index is 2.64. The van der Waals surface area contributed by atoms with Gasteiger partial charge in [0.2, 0.25) is 0 Å². The number of carbonyl (C=O) groups is 1. The summed E-state index contributed by atoms with van der Waals surface area (Å²) in [4.78, 5) is 13.9. The van der Waals surface area contributed by atoms with Crippen molar-refractivity contribution in [2.24, 2.45) is 11.3 Å². The fraction of sp³-hybridized carbons (Fsp3) is 0.933. The van der Waals surface area contributed by atoms with Crippen LogP contribution in [-0.4, -0.2) is 30.8 Å². The summed E-state index contributed by atoms with van der Waals surface area (Å²) in [6, 6.07) is 0.629. The standard InChI is InChI=1S/C15H29NO/c1-5-14(6-2)16(4)11-15(12-17)9-7-8-13(3)10-15/h12-14H,5-11H2,1-4H3. The van der Waals surface area contributed by atoms with E-state index in [4.69, 9.17) is 0 Å². The fourth-order valence-electron chi connectivity index (χ4n) is 3.53. The van der Waals surface area contributed by atoms with E-state index in [2.05, 4.69) is 32.7 Å². The van der Waals surface area contributed by atoms with Crippen LogP contribution in [0.1, 0.15) is 59.3 Å². The van der Waals surface area contributed by atoms with Crippen LogP contribution in [-0.2, 0) is 4.79 Å². The van der Waals surface area contributed by atoms with E-state index in [9.17, 15) is 4.79 Å². The van der Waals surface area contributed by atoms with Gasteiger partial charge in [0.15, 0.2) is 0 Å². The number of rotatable bonds is 6. The Kier molecular flexibility index (Phi) is 5.64. The molecule has 0 heterocycles. The minimum absolute atomic E-state index is 0.0605. The molecule has 0 bridgehead atoms. The molecule has 1 aliphatic carbocycles. The molecule has 2 unspecified atom stereocenters. The quantitative estimate of drug-likeness (QED) is 0.661. The van der Waals surface area contributed by atoms with Crippen LogP contribution in [0.4, 0.5) is 0 Å². The van der Waals surface area contributed by atoms with Crippen LogP contribution < -0.4 is 0 Å². The molecule has 0 aromatic heterocycles. The average Bonchev–Trinajstić information content (AvgIpc) is 2.30. The SMILES string of the molecule is CCC(CC)N(C)CC1(C=O)CCCC(C)C1. The summed E-state index contributed by atoms with van der Waals surface area (Å²) in [5.74, 6) is 0.712. The van der Waals surface area contributed by atoms with E-state index in [1.54, 1.807) is 0 Å². The van der Waals surface area contributed by atoms with Gasteiger partial charge < -0.3 is 9.69 Å². The van der Waals surface area contributed by atoms with Crippen molar-refractivity contribution in [1.82, 2.24) is 4.90 Å². The van der Waals surface area contributed by atoms with Crippen LogP contribution in [0.3, 0.4) is 0 Å². The van der Waals surface area contributed by atoms with Crippen molar-refractivity contribution < 1.29 is 4.79 Å². The smallest absolute Gasteiger partial charge is 0.127 e. The van der Waals surface area contributed by atoms with E-state index in [1.165, 1.54) is 32.0 Å². The second kappa shape index (κ2) is 6.53. The molecule has 2 nitrogen and oxygen atoms in total. The van der Waals surface area contributed by atoms with Crippen molar-refractivity contribution in [3.8, 4) is 0 Å². The first-order valence-electron chi connectivity index (χ1n) is 7.23. The van der Waals surface area contributed by atoms with Gasteiger partial charge in [-0.2, -0.15) is 0 Å². The van der Waals surface area contributed by atoms with E-state index in [-0.39, 0.29) is 5.41 Å². The van der Waals surface area contributed by atoms with Crippen molar-refractivity contribution in [1.29, 1.82) is 0 Å². The van der Waals surface area contributed by atoms with Gasteiger partial charge in [-0.15, -0.1) is 0 Å². The van der Waals surface area contributed by atoms with Crippen LogP contribution in [0.25, 0.3) is 0 Å². The number of carbonyl (C=O) groups excluding carboxylic acids is 1. The van der Waals surface area contributed by atoms with Gasteiger partial charge >= 0.3 is 0 Å². The maximum absolute atomic E-state index is 11.5. The Bertz CT molecular complexity index is 237. The second-order valence-corrected chi connectivity index (χ2v) is 6.07. The summed E-state index contributed by atoms with van der Waals surface area (Å²) in [6.45, 7) is 7.71. The van der Waals surface area contributed by atoms with Crippen LogP contribution in [0.2, 0.25) is 0 Å². The number of aldehydes is 1. The highest BCUT2D eigenvalue weighted by Crippen LogP contribution is 2.38. The highest BCUT2D eigenvalue weighted by atomic mass is 16.1. The highest BCUT2D eigenvalue weighted by Gasteiger charge is 2.36. The molecule has 1 rings (SSSR count). The molecule has 0 radical (unpaired) electrons. The van der Waals surface area contributed by atoms with Gasteiger partial charge in [0, 0.05) is 18.0 Å². The van der Waals surface area contributed by atoms with Gasteiger partial charge in [0.05, 0.1) is 0 Å². The molecular formula is C15H29NO. The van der Waals surface area contributed by atoms with E-state index in [0.717, 1.165) is 19.4 Å². The van der Waals surface area contributed by atoms with Crippen LogP contribution in [0.5, 0.6) is 0 Å². The molecule has 0 amide bonds. The normalized spacial score (nSPS) is 29.9. The number of hydrogen-bond donors (Lipinski definition) is 0. The summed E-state index contributed by atoms with van der Waals surface area (Å²) >= 11 is 0. The lowest BCUT2D eigenvalue weighted by Gasteiger charge is -2.40. The van der Waals surface area contributed by atoms with Gasteiger partial charge in [0.25, 0.3) is 0 Å². The highest BCUT2D eigenvalue weighted by molar-refractivity contribution is 5.60. The van der Waals surface area contributed by atoms with Crippen molar-refractivity contribution in [3.05, 3.63) is 0 Å². The second-order valence-electron chi connectivity index (χ2n) is 6.07. The molecule has 2 heteroatoms. The maximum atomic E-state index is 11.5. The monoisotopic (exact) mass is 239 g/mol. The first-order chi connectivity index (χ1) is 8.06. The van der Waals surface area contributed by atoms with Crippen molar-refractivity contribution >= 4 is 6.29 Å². The van der Waals surface area contributed by atoms with Crippen LogP contribution >= 0.6 is 0 Å². The molecule has 2 atom stereocenters. The summed E-state index contributed by atoms with van der Waals surface area (Å²) < 4.78 is 0. The Hall–Kier alpha value is -0.370. The lowest BCUT2D eigenvalue weighted by Crippen LogP contribution is -2.44. The van der Waals surface area contributed by atoms with Gasteiger partial charge in [0.1, 0.15) is 6.29 Å². The Labute approximate surface area is 107 Å². The van der Waals surface area contributed by atoms with E-state index < -0.39 is 0 Å². The predicted octanol–water partition coefficient (Wildman–Crippen LogP) is 3.50. The molecule has 17 heavy (non-hydrogen) atoms. The number of nitrogens with zero attached hydrogens (tertiary/aromatic N) is 1. The molecule has 0 aliphatic heterocycles. The van der Waals surface area contributed by atoms with Crippen molar-refractivity contribution in [3.63, 3.8) is 0 Å². The minimum atomic E-state index is -0.0605. The Morgan fingerprint density at radius 1 is 1.41 bits per heavy atom. The van der Waals surface area contributed by atoms with Crippen molar-refractivity contribution in [2.45, 2.75) is 65.3 Å². The molecule has 0 aromatic carbocycles. The molecule has 0 N–H and O–H groups in total. The Morgan fingerprint density at radius 3 is 2.53 bits per heavy atom. The lowest BCUT2D eigenvalue weighted by molar-refractivity contribution is -0.120. The molecule has 1 aliphatic rings. The summed E-state index contributed by atoms with van der Waals surface area (Å²) in [7, 11) is 2.18. The zero-order valence-corrected chi connectivity index (χ0v) is 12.0. The average molecular weight is 239 g/mol. The number of hydrogen-bond acceptors (Lipinski definition) is 2. The molecular weight excluding hydrogens is 210 g/mol. The largest absolute Gasteiger partial charge is 0.303 e. The van der Waals surface area contributed by atoms with Crippen LogP contribution in [0.15, 0.2) is 0 Å². The van der Waals surface area contributed by atoms with Crippen LogP contribution in [0, 0.1) is 11.3 Å². The predicted molar refractivity (Wildman–Crippen MR) is 73.1 cm³/mol. The molecule has 0 spiro atoms. The topological polar surface area (TPSA) is 20.3 Å². The first kappa shape index (κ1) is 14.7. The van der Waals surface area contributed by atoms with Gasteiger partial charge in [-0.3, -0.25) is 0 Å². The van der Waals surface area contributed by atoms with Crippen molar-refractivity contribution in [2.75, 3.05) is 13.6 Å². The van der Waals surface area contributed by atoms with E-state index in [0.29, 0.717) is 12.0 Å². The lowest BCUT2D eigenvalue weighted by atomic mass is 9.70. The van der Waals surface area contributed by atoms with Gasteiger partial charge in [-0.1, -0.05) is 33.6 Å². The van der Waals surface area contributed by atoms with E-state index in [1.807, 2.05) is 0 Å². The molecule has 100 valence electrons. The summed E-state index contributed by atoms with van der Waals surface area (Å²) in [5.41, 5.74) is -0.0605. The molecule has 1 saturated carbocycles. The third kappa shape index (κ3) is 3.80. The molecule has 1 fully saturated rings. The van der Waals surface area contributed by atoms with Gasteiger partial charge in [-0.25, -0.2) is 0 Å². The summed E-state index contributed by atoms with van der Waals surface area (Å²) in [6.07, 6.45) is 8.30. The third-order valence-electron chi connectivity index (χ3n) is 4.51. The summed E-state index contributed by atoms with van der Waals surface area (Å²) in [5, 5.41) is 0. The zero-order chi connectivity index (χ0) is 12.9.